The normalized spacial score (nSPS) is 11.8. The summed E-state index contributed by atoms with van der Waals surface area (Å²) in [5.74, 6) is 0.493. The predicted octanol–water partition coefficient (Wildman–Crippen LogP) is 2.84. The number of rotatable bonds is 2. The summed E-state index contributed by atoms with van der Waals surface area (Å²) in [5, 5.41) is 4.15. The Kier molecular flexibility index (Phi) is 3.02. The lowest BCUT2D eigenvalue weighted by Crippen LogP contribution is -2.07. The van der Waals surface area contributed by atoms with Crippen molar-refractivity contribution in [3.63, 3.8) is 0 Å². The molecule has 0 atom stereocenters. The topological polar surface area (TPSA) is 43.8 Å². The van der Waals surface area contributed by atoms with Gasteiger partial charge >= 0.3 is 6.18 Å². The molecule has 2 rings (SSSR count). The third-order valence-electron chi connectivity index (χ3n) is 2.55. The van der Waals surface area contributed by atoms with Crippen LogP contribution in [-0.4, -0.2) is 9.78 Å². The SMILES string of the molecule is Cc1cc(N)n(Cc2ccc(C(F)(F)F)cc2)n1. The van der Waals surface area contributed by atoms with Crippen LogP contribution in [0.2, 0.25) is 0 Å². The van der Waals surface area contributed by atoms with Crippen LogP contribution in [0.25, 0.3) is 0 Å². The van der Waals surface area contributed by atoms with Gasteiger partial charge in [-0.15, -0.1) is 0 Å². The van der Waals surface area contributed by atoms with Crippen molar-refractivity contribution in [3.8, 4) is 0 Å². The van der Waals surface area contributed by atoms with Crippen LogP contribution >= 0.6 is 0 Å². The number of anilines is 1. The van der Waals surface area contributed by atoms with Crippen LogP contribution in [0.15, 0.2) is 30.3 Å². The van der Waals surface area contributed by atoms with Crippen molar-refractivity contribution < 1.29 is 13.2 Å². The third-order valence-corrected chi connectivity index (χ3v) is 2.55. The number of hydrogen-bond acceptors (Lipinski definition) is 2. The van der Waals surface area contributed by atoms with E-state index in [0.29, 0.717) is 12.4 Å². The average molecular weight is 255 g/mol. The van der Waals surface area contributed by atoms with Crippen LogP contribution in [0, 0.1) is 6.92 Å². The highest BCUT2D eigenvalue weighted by atomic mass is 19.4. The fourth-order valence-corrected chi connectivity index (χ4v) is 1.66. The van der Waals surface area contributed by atoms with Gasteiger partial charge in [-0.25, -0.2) is 4.68 Å². The molecule has 2 aromatic rings. The Balaban J connectivity index is 2.18. The van der Waals surface area contributed by atoms with Crippen molar-refractivity contribution in [2.24, 2.45) is 0 Å². The molecule has 0 aliphatic carbocycles. The molecule has 6 heteroatoms. The van der Waals surface area contributed by atoms with E-state index in [4.69, 9.17) is 5.73 Å². The van der Waals surface area contributed by atoms with Gasteiger partial charge in [0.25, 0.3) is 0 Å². The number of nitrogens with two attached hydrogens (primary N) is 1. The molecular formula is C12H12F3N3. The summed E-state index contributed by atoms with van der Waals surface area (Å²) in [4.78, 5) is 0. The number of aromatic nitrogens is 2. The van der Waals surface area contributed by atoms with Gasteiger partial charge in [-0.3, -0.25) is 0 Å². The van der Waals surface area contributed by atoms with Crippen molar-refractivity contribution in [1.82, 2.24) is 9.78 Å². The molecule has 0 radical (unpaired) electrons. The van der Waals surface area contributed by atoms with Crippen molar-refractivity contribution in [3.05, 3.63) is 47.2 Å². The van der Waals surface area contributed by atoms with E-state index < -0.39 is 11.7 Å². The summed E-state index contributed by atoms with van der Waals surface area (Å²) >= 11 is 0. The fourth-order valence-electron chi connectivity index (χ4n) is 1.66. The van der Waals surface area contributed by atoms with Gasteiger partial charge in [0.2, 0.25) is 0 Å². The van der Waals surface area contributed by atoms with E-state index in [-0.39, 0.29) is 0 Å². The van der Waals surface area contributed by atoms with Crippen LogP contribution < -0.4 is 5.73 Å². The Bertz CT molecular complexity index is 541. The van der Waals surface area contributed by atoms with Gasteiger partial charge in [-0.05, 0) is 24.6 Å². The second kappa shape index (κ2) is 4.36. The first-order chi connectivity index (χ1) is 8.36. The maximum Gasteiger partial charge on any atom is 0.416 e. The van der Waals surface area contributed by atoms with Gasteiger partial charge in [0, 0.05) is 6.07 Å². The lowest BCUT2D eigenvalue weighted by atomic mass is 10.1. The zero-order valence-corrected chi connectivity index (χ0v) is 9.70. The molecule has 0 bridgehead atoms. The quantitative estimate of drug-likeness (QED) is 0.896. The maximum atomic E-state index is 12.4. The van der Waals surface area contributed by atoms with Crippen molar-refractivity contribution in [2.45, 2.75) is 19.6 Å². The van der Waals surface area contributed by atoms with E-state index >= 15 is 0 Å². The molecule has 0 unspecified atom stereocenters. The Labute approximate surface area is 102 Å². The van der Waals surface area contributed by atoms with E-state index in [2.05, 4.69) is 5.10 Å². The van der Waals surface area contributed by atoms with Crippen LogP contribution in [0.4, 0.5) is 19.0 Å². The summed E-state index contributed by atoms with van der Waals surface area (Å²) in [6.45, 7) is 2.16. The summed E-state index contributed by atoms with van der Waals surface area (Å²) in [6.07, 6.45) is -4.31. The zero-order valence-electron chi connectivity index (χ0n) is 9.70. The van der Waals surface area contributed by atoms with E-state index in [9.17, 15) is 13.2 Å². The van der Waals surface area contributed by atoms with Gasteiger partial charge in [0.15, 0.2) is 0 Å². The Morgan fingerprint density at radius 3 is 2.28 bits per heavy atom. The summed E-state index contributed by atoms with van der Waals surface area (Å²) in [7, 11) is 0. The first-order valence-corrected chi connectivity index (χ1v) is 5.32. The largest absolute Gasteiger partial charge is 0.416 e. The molecule has 3 nitrogen and oxygen atoms in total. The minimum absolute atomic E-state index is 0.359. The number of aryl methyl sites for hydroxylation is 1. The van der Waals surface area contributed by atoms with Crippen molar-refractivity contribution in [1.29, 1.82) is 0 Å². The van der Waals surface area contributed by atoms with Gasteiger partial charge < -0.3 is 5.73 Å². The number of halogens is 3. The lowest BCUT2D eigenvalue weighted by molar-refractivity contribution is -0.137. The summed E-state index contributed by atoms with van der Waals surface area (Å²) in [5.41, 5.74) is 6.55. The number of nitrogen functional groups attached to an aromatic ring is 1. The average Bonchev–Trinajstić information content (AvgIpc) is 2.57. The van der Waals surface area contributed by atoms with E-state index in [1.807, 2.05) is 0 Å². The molecule has 0 saturated heterocycles. The molecule has 1 aromatic carbocycles. The molecule has 1 aromatic heterocycles. The van der Waals surface area contributed by atoms with Crippen molar-refractivity contribution >= 4 is 5.82 Å². The number of benzene rings is 1. The number of alkyl halides is 3. The second-order valence-electron chi connectivity index (χ2n) is 4.06. The molecule has 0 spiro atoms. The summed E-state index contributed by atoms with van der Waals surface area (Å²) < 4.78 is 38.7. The van der Waals surface area contributed by atoms with Crippen molar-refractivity contribution in [2.75, 3.05) is 5.73 Å². The Hall–Kier alpha value is -1.98. The second-order valence-corrected chi connectivity index (χ2v) is 4.06. The van der Waals surface area contributed by atoms with Gasteiger partial charge in [0.05, 0.1) is 17.8 Å². The molecule has 0 aliphatic heterocycles. The molecule has 0 aliphatic rings. The first kappa shape index (κ1) is 12.5. The molecule has 0 amide bonds. The van der Waals surface area contributed by atoms with Crippen LogP contribution in [0.1, 0.15) is 16.8 Å². The third kappa shape index (κ3) is 2.64. The monoisotopic (exact) mass is 255 g/mol. The highest BCUT2D eigenvalue weighted by Crippen LogP contribution is 2.29. The number of nitrogens with zero attached hydrogens (tertiary/aromatic N) is 2. The Morgan fingerprint density at radius 1 is 1.22 bits per heavy atom. The standard InChI is InChI=1S/C12H12F3N3/c1-8-6-11(16)18(17-8)7-9-2-4-10(5-3-9)12(13,14)15/h2-6H,7,16H2,1H3. The molecular weight excluding hydrogens is 243 g/mol. The molecule has 2 N–H and O–H groups in total. The van der Waals surface area contributed by atoms with Crippen LogP contribution in [0.3, 0.4) is 0 Å². The minimum atomic E-state index is -4.31. The Morgan fingerprint density at radius 2 is 1.83 bits per heavy atom. The number of hydrogen-bond donors (Lipinski definition) is 1. The molecule has 0 fully saturated rings. The molecule has 1 heterocycles. The van der Waals surface area contributed by atoms with E-state index in [1.54, 1.807) is 17.7 Å². The molecule has 96 valence electrons. The minimum Gasteiger partial charge on any atom is -0.384 e. The van der Waals surface area contributed by atoms with Crippen LogP contribution in [-0.2, 0) is 12.7 Å². The highest BCUT2D eigenvalue weighted by Gasteiger charge is 2.29. The smallest absolute Gasteiger partial charge is 0.384 e. The van der Waals surface area contributed by atoms with Gasteiger partial charge in [0.1, 0.15) is 5.82 Å². The highest BCUT2D eigenvalue weighted by molar-refractivity contribution is 5.32. The maximum absolute atomic E-state index is 12.4. The van der Waals surface area contributed by atoms with E-state index in [1.165, 1.54) is 12.1 Å². The molecule has 0 saturated carbocycles. The van der Waals surface area contributed by atoms with E-state index in [0.717, 1.165) is 23.4 Å². The fraction of sp³-hybridized carbons (Fsp3) is 0.250. The summed E-state index contributed by atoms with van der Waals surface area (Å²) in [6, 6.07) is 6.69. The van der Waals surface area contributed by atoms with Crippen LogP contribution in [0.5, 0.6) is 0 Å². The lowest BCUT2D eigenvalue weighted by Gasteiger charge is -2.08. The molecule has 18 heavy (non-hydrogen) atoms. The first-order valence-electron chi connectivity index (χ1n) is 5.32. The zero-order chi connectivity index (χ0) is 13.3. The van der Waals surface area contributed by atoms with Gasteiger partial charge in [-0.1, -0.05) is 12.1 Å². The van der Waals surface area contributed by atoms with Gasteiger partial charge in [-0.2, -0.15) is 18.3 Å². The predicted molar refractivity (Wildman–Crippen MR) is 61.9 cm³/mol.